The molecule has 190 valence electrons. The molecule has 7 N–H and O–H groups in total. The van der Waals surface area contributed by atoms with Crippen molar-refractivity contribution in [3.63, 3.8) is 0 Å². The predicted octanol–water partition coefficient (Wildman–Crippen LogP) is 0.180. The highest BCUT2D eigenvalue weighted by atomic mass is 16.4. The smallest absolute Gasteiger partial charge is 0.326 e. The van der Waals surface area contributed by atoms with E-state index in [9.17, 15) is 29.4 Å². The molecule has 0 heterocycles. The van der Waals surface area contributed by atoms with E-state index >= 15 is 0 Å². The van der Waals surface area contributed by atoms with Crippen LogP contribution in [-0.4, -0.2) is 64.7 Å². The molecular formula is C24H38N4O6. The van der Waals surface area contributed by atoms with E-state index in [0.717, 1.165) is 0 Å². The summed E-state index contributed by atoms with van der Waals surface area (Å²) in [7, 11) is 0. The molecular weight excluding hydrogens is 440 g/mol. The molecule has 3 amide bonds. The number of carbonyl (C=O) groups is 4. The maximum Gasteiger partial charge on any atom is 0.326 e. The SMILES string of the molecule is CCC(C)C(NC(=O)C(N)CC(C)C)C(=O)NC(CO)C(=O)NC(Cc1ccccc1)C(=O)O. The molecule has 0 saturated carbocycles. The minimum Gasteiger partial charge on any atom is -0.480 e. The number of nitrogens with one attached hydrogen (secondary N) is 3. The molecule has 1 rings (SSSR count). The molecule has 5 unspecified atom stereocenters. The Kier molecular flexibility index (Phi) is 12.2. The number of aliphatic hydroxyl groups excluding tert-OH is 1. The molecule has 34 heavy (non-hydrogen) atoms. The summed E-state index contributed by atoms with van der Waals surface area (Å²) in [6, 6.07) is 4.36. The fourth-order valence-electron chi connectivity index (χ4n) is 3.35. The van der Waals surface area contributed by atoms with E-state index in [4.69, 9.17) is 5.73 Å². The van der Waals surface area contributed by atoms with E-state index in [1.54, 1.807) is 37.3 Å². The highest BCUT2D eigenvalue weighted by Gasteiger charge is 2.32. The van der Waals surface area contributed by atoms with Gasteiger partial charge in [0.1, 0.15) is 18.1 Å². The second-order valence-electron chi connectivity index (χ2n) is 8.94. The van der Waals surface area contributed by atoms with Gasteiger partial charge in [0.05, 0.1) is 12.6 Å². The third kappa shape index (κ3) is 9.48. The van der Waals surface area contributed by atoms with Crippen molar-refractivity contribution in [2.75, 3.05) is 6.61 Å². The van der Waals surface area contributed by atoms with Gasteiger partial charge in [-0.05, 0) is 23.8 Å². The van der Waals surface area contributed by atoms with Gasteiger partial charge in [0, 0.05) is 6.42 Å². The van der Waals surface area contributed by atoms with E-state index in [1.165, 1.54) is 0 Å². The van der Waals surface area contributed by atoms with Crippen LogP contribution in [0.15, 0.2) is 30.3 Å². The first-order valence-corrected chi connectivity index (χ1v) is 11.5. The zero-order valence-corrected chi connectivity index (χ0v) is 20.3. The molecule has 10 nitrogen and oxygen atoms in total. The Hall–Kier alpha value is -2.98. The molecule has 0 bridgehead atoms. The van der Waals surface area contributed by atoms with Gasteiger partial charge < -0.3 is 31.9 Å². The lowest BCUT2D eigenvalue weighted by molar-refractivity contribution is -0.142. The van der Waals surface area contributed by atoms with Crippen LogP contribution in [0.5, 0.6) is 0 Å². The standard InChI is InChI=1S/C24H38N4O6/c1-5-15(4)20(28-21(30)17(25)11-14(2)3)23(32)27-19(13-29)22(31)26-18(24(33)34)12-16-9-7-6-8-10-16/h6-10,14-15,17-20,29H,5,11-13,25H2,1-4H3,(H,26,31)(H,27,32)(H,28,30)(H,33,34). The third-order valence-electron chi connectivity index (χ3n) is 5.57. The molecule has 0 aliphatic carbocycles. The van der Waals surface area contributed by atoms with E-state index in [2.05, 4.69) is 16.0 Å². The van der Waals surface area contributed by atoms with Crippen molar-refractivity contribution in [2.24, 2.45) is 17.6 Å². The van der Waals surface area contributed by atoms with E-state index in [1.807, 2.05) is 20.8 Å². The summed E-state index contributed by atoms with van der Waals surface area (Å²) in [4.78, 5) is 49.7. The topological polar surface area (TPSA) is 171 Å². The lowest BCUT2D eigenvalue weighted by atomic mass is 9.96. The molecule has 5 atom stereocenters. The van der Waals surface area contributed by atoms with Gasteiger partial charge in [-0.25, -0.2) is 4.79 Å². The third-order valence-corrected chi connectivity index (χ3v) is 5.57. The summed E-state index contributed by atoms with van der Waals surface area (Å²) in [5.74, 6) is -3.31. The number of aliphatic hydroxyl groups is 1. The van der Waals surface area contributed by atoms with Crippen molar-refractivity contribution in [1.82, 2.24) is 16.0 Å². The van der Waals surface area contributed by atoms with Gasteiger partial charge in [-0.15, -0.1) is 0 Å². The minimum atomic E-state index is -1.39. The minimum absolute atomic E-state index is 0.0350. The first-order valence-electron chi connectivity index (χ1n) is 11.5. The first kappa shape index (κ1) is 29.1. The molecule has 0 spiro atoms. The Morgan fingerprint density at radius 1 is 0.912 bits per heavy atom. The molecule has 0 saturated heterocycles. The molecule has 0 aliphatic heterocycles. The number of carbonyl (C=O) groups excluding carboxylic acids is 3. The van der Waals surface area contributed by atoms with Crippen LogP contribution in [0.2, 0.25) is 0 Å². The summed E-state index contributed by atoms with van der Waals surface area (Å²) >= 11 is 0. The Balaban J connectivity index is 2.88. The van der Waals surface area contributed by atoms with Gasteiger partial charge in [0.2, 0.25) is 17.7 Å². The molecule has 1 aromatic rings. The number of amides is 3. The lowest BCUT2D eigenvalue weighted by Crippen LogP contribution is -2.59. The van der Waals surface area contributed by atoms with Crippen molar-refractivity contribution in [3.05, 3.63) is 35.9 Å². The largest absolute Gasteiger partial charge is 0.480 e. The highest BCUT2D eigenvalue weighted by molar-refractivity contribution is 5.94. The number of hydrogen-bond donors (Lipinski definition) is 6. The summed E-state index contributed by atoms with van der Waals surface area (Å²) < 4.78 is 0. The summed E-state index contributed by atoms with van der Waals surface area (Å²) in [5.41, 5.74) is 6.63. The molecule has 0 aromatic heterocycles. The Morgan fingerprint density at radius 3 is 2.00 bits per heavy atom. The Bertz CT molecular complexity index is 817. The maximum absolute atomic E-state index is 12.9. The van der Waals surface area contributed by atoms with Crippen molar-refractivity contribution in [3.8, 4) is 0 Å². The average molecular weight is 479 g/mol. The van der Waals surface area contributed by atoms with Crippen LogP contribution in [0.25, 0.3) is 0 Å². The summed E-state index contributed by atoms with van der Waals surface area (Å²) in [6.07, 6.45) is 1.04. The van der Waals surface area contributed by atoms with Gasteiger partial charge >= 0.3 is 5.97 Å². The highest BCUT2D eigenvalue weighted by Crippen LogP contribution is 2.10. The van der Waals surface area contributed by atoms with Crippen LogP contribution in [-0.2, 0) is 25.6 Å². The van der Waals surface area contributed by atoms with E-state index < -0.39 is 54.5 Å². The molecule has 0 aliphatic rings. The Labute approximate surface area is 200 Å². The van der Waals surface area contributed by atoms with Gasteiger partial charge in [0.25, 0.3) is 0 Å². The molecule has 0 fully saturated rings. The number of rotatable bonds is 14. The lowest BCUT2D eigenvalue weighted by Gasteiger charge is -2.27. The van der Waals surface area contributed by atoms with Crippen molar-refractivity contribution >= 4 is 23.7 Å². The number of nitrogens with two attached hydrogens (primary N) is 1. The second kappa shape index (κ2) is 14.3. The van der Waals surface area contributed by atoms with Crippen LogP contribution < -0.4 is 21.7 Å². The van der Waals surface area contributed by atoms with E-state index in [0.29, 0.717) is 18.4 Å². The molecule has 10 heteroatoms. The van der Waals surface area contributed by atoms with Crippen LogP contribution in [0.4, 0.5) is 0 Å². The predicted molar refractivity (Wildman–Crippen MR) is 128 cm³/mol. The van der Waals surface area contributed by atoms with Crippen LogP contribution in [0, 0.1) is 11.8 Å². The number of carboxylic acid groups (broad SMARTS) is 1. The van der Waals surface area contributed by atoms with Crippen molar-refractivity contribution < 1.29 is 29.4 Å². The van der Waals surface area contributed by atoms with Crippen LogP contribution >= 0.6 is 0 Å². The average Bonchev–Trinajstić information content (AvgIpc) is 2.79. The summed E-state index contributed by atoms with van der Waals surface area (Å²) in [6.45, 7) is 6.73. The van der Waals surface area contributed by atoms with Crippen LogP contribution in [0.1, 0.15) is 46.1 Å². The monoisotopic (exact) mass is 478 g/mol. The number of carboxylic acids is 1. The molecule has 1 aromatic carbocycles. The number of hydrogen-bond acceptors (Lipinski definition) is 6. The van der Waals surface area contributed by atoms with Gasteiger partial charge in [-0.3, -0.25) is 14.4 Å². The van der Waals surface area contributed by atoms with Crippen molar-refractivity contribution in [1.29, 1.82) is 0 Å². The fourth-order valence-corrected chi connectivity index (χ4v) is 3.35. The fraction of sp³-hybridized carbons (Fsp3) is 0.583. The van der Waals surface area contributed by atoms with Gasteiger partial charge in [0.15, 0.2) is 0 Å². The quantitative estimate of drug-likeness (QED) is 0.221. The number of benzene rings is 1. The van der Waals surface area contributed by atoms with Gasteiger partial charge in [-0.1, -0.05) is 64.4 Å². The maximum atomic E-state index is 12.9. The van der Waals surface area contributed by atoms with Gasteiger partial charge in [-0.2, -0.15) is 0 Å². The first-order chi connectivity index (χ1) is 16.0. The summed E-state index contributed by atoms with van der Waals surface area (Å²) in [5, 5.41) is 26.6. The van der Waals surface area contributed by atoms with Crippen LogP contribution in [0.3, 0.4) is 0 Å². The zero-order chi connectivity index (χ0) is 25.8. The normalized spacial score (nSPS) is 15.5. The van der Waals surface area contributed by atoms with Crippen molar-refractivity contribution in [2.45, 2.75) is 71.1 Å². The number of aliphatic carboxylic acids is 1. The van der Waals surface area contributed by atoms with E-state index in [-0.39, 0.29) is 18.3 Å². The molecule has 0 radical (unpaired) electrons. The zero-order valence-electron chi connectivity index (χ0n) is 20.3. The Morgan fingerprint density at radius 2 is 1.50 bits per heavy atom. The second-order valence-corrected chi connectivity index (χ2v) is 8.94.